The fourth-order valence-electron chi connectivity index (χ4n) is 2.20. The third kappa shape index (κ3) is 4.01. The molecule has 0 N–H and O–H groups in total. The molecule has 20 heavy (non-hydrogen) atoms. The van der Waals surface area contributed by atoms with E-state index in [1.807, 2.05) is 6.07 Å². The molecule has 0 fully saturated rings. The first-order valence-corrected chi connectivity index (χ1v) is 7.36. The highest BCUT2D eigenvalue weighted by Crippen LogP contribution is 2.25. The highest BCUT2D eigenvalue weighted by molar-refractivity contribution is 6.28. The molecule has 4 heteroatoms. The third-order valence-corrected chi connectivity index (χ3v) is 3.42. The molecule has 1 aromatic carbocycles. The molecule has 0 spiro atoms. The summed E-state index contributed by atoms with van der Waals surface area (Å²) in [6, 6.07) is 6.49. The maximum Gasteiger partial charge on any atom is 0.222 e. The average molecular weight is 293 g/mol. The quantitative estimate of drug-likeness (QED) is 0.549. The van der Waals surface area contributed by atoms with Gasteiger partial charge in [-0.15, -0.1) is 0 Å². The van der Waals surface area contributed by atoms with Gasteiger partial charge in [0.2, 0.25) is 5.28 Å². The maximum absolute atomic E-state index is 13.3. The van der Waals surface area contributed by atoms with Crippen molar-refractivity contribution in [1.29, 1.82) is 0 Å². The van der Waals surface area contributed by atoms with Crippen LogP contribution in [0.25, 0.3) is 11.1 Å². The first-order valence-electron chi connectivity index (χ1n) is 6.98. The Kier molecular flexibility index (Phi) is 5.48. The lowest BCUT2D eigenvalue weighted by atomic mass is 10.0. The van der Waals surface area contributed by atoms with Gasteiger partial charge in [0.15, 0.2) is 0 Å². The van der Waals surface area contributed by atoms with Gasteiger partial charge >= 0.3 is 0 Å². The summed E-state index contributed by atoms with van der Waals surface area (Å²) in [5.41, 5.74) is 2.56. The molecule has 2 aromatic rings. The summed E-state index contributed by atoms with van der Waals surface area (Å²) in [5, 5.41) is 0.246. The average Bonchev–Trinajstić information content (AvgIpc) is 2.44. The van der Waals surface area contributed by atoms with Crippen molar-refractivity contribution < 1.29 is 4.39 Å². The second kappa shape index (κ2) is 7.34. The lowest BCUT2D eigenvalue weighted by Gasteiger charge is -2.09. The first-order chi connectivity index (χ1) is 9.70. The molecule has 106 valence electrons. The SMILES string of the molecule is CCCCCCc1nc(Cl)ncc1-c1cccc(F)c1. The molecule has 2 nitrogen and oxygen atoms in total. The van der Waals surface area contributed by atoms with Crippen LogP contribution < -0.4 is 0 Å². The standard InChI is InChI=1S/C16H18ClFN2/c1-2-3-4-5-9-15-14(11-19-16(17)20-15)12-7-6-8-13(18)10-12/h6-8,10-11H,2-5,9H2,1H3. The van der Waals surface area contributed by atoms with Crippen molar-refractivity contribution in [1.82, 2.24) is 9.97 Å². The van der Waals surface area contributed by atoms with Gasteiger partial charge in [-0.2, -0.15) is 0 Å². The molecule has 0 aliphatic heterocycles. The molecule has 1 heterocycles. The van der Waals surface area contributed by atoms with E-state index in [2.05, 4.69) is 16.9 Å². The van der Waals surface area contributed by atoms with Gasteiger partial charge in [0, 0.05) is 11.8 Å². The number of unbranched alkanes of at least 4 members (excludes halogenated alkanes) is 3. The summed E-state index contributed by atoms with van der Waals surface area (Å²) in [7, 11) is 0. The minimum atomic E-state index is -0.255. The third-order valence-electron chi connectivity index (χ3n) is 3.24. The second-order valence-corrected chi connectivity index (χ2v) is 5.16. The van der Waals surface area contributed by atoms with Gasteiger partial charge in [-0.25, -0.2) is 14.4 Å². The maximum atomic E-state index is 13.3. The number of rotatable bonds is 6. The Morgan fingerprint density at radius 1 is 1.20 bits per heavy atom. The van der Waals surface area contributed by atoms with E-state index in [1.54, 1.807) is 12.3 Å². The number of halogens is 2. The van der Waals surface area contributed by atoms with Crippen LogP contribution in [0.3, 0.4) is 0 Å². The Morgan fingerprint density at radius 2 is 2.05 bits per heavy atom. The van der Waals surface area contributed by atoms with Crippen molar-refractivity contribution >= 4 is 11.6 Å². The molecule has 0 radical (unpaired) electrons. The van der Waals surface area contributed by atoms with E-state index in [1.165, 1.54) is 31.4 Å². The van der Waals surface area contributed by atoms with Gasteiger partial charge in [0.1, 0.15) is 5.82 Å². The Bertz CT molecular complexity index is 572. The molecule has 0 saturated heterocycles. The van der Waals surface area contributed by atoms with E-state index in [4.69, 9.17) is 11.6 Å². The van der Waals surface area contributed by atoms with Crippen LogP contribution in [0.4, 0.5) is 4.39 Å². The minimum Gasteiger partial charge on any atom is -0.226 e. The Labute approximate surface area is 124 Å². The summed E-state index contributed by atoms with van der Waals surface area (Å²) < 4.78 is 13.3. The van der Waals surface area contributed by atoms with Crippen molar-refractivity contribution in [3.63, 3.8) is 0 Å². The highest BCUT2D eigenvalue weighted by atomic mass is 35.5. The fourth-order valence-corrected chi connectivity index (χ4v) is 2.35. The fraction of sp³-hybridized carbons (Fsp3) is 0.375. The monoisotopic (exact) mass is 292 g/mol. The molecule has 1 aromatic heterocycles. The number of hydrogen-bond donors (Lipinski definition) is 0. The smallest absolute Gasteiger partial charge is 0.222 e. The zero-order valence-corrected chi connectivity index (χ0v) is 12.3. The van der Waals surface area contributed by atoms with E-state index >= 15 is 0 Å². The van der Waals surface area contributed by atoms with Crippen molar-refractivity contribution in [2.45, 2.75) is 39.0 Å². The van der Waals surface area contributed by atoms with Gasteiger partial charge in [-0.05, 0) is 42.1 Å². The summed E-state index contributed by atoms with van der Waals surface area (Å²) >= 11 is 5.88. The predicted molar refractivity (Wildman–Crippen MR) is 80.3 cm³/mol. The lowest BCUT2D eigenvalue weighted by Crippen LogP contribution is -1.98. The molecule has 0 aliphatic carbocycles. The van der Waals surface area contributed by atoms with Crippen LogP contribution in [0.1, 0.15) is 38.3 Å². The van der Waals surface area contributed by atoms with Gasteiger partial charge in [-0.3, -0.25) is 0 Å². The number of aromatic nitrogens is 2. The van der Waals surface area contributed by atoms with Crippen LogP contribution in [0.2, 0.25) is 5.28 Å². The summed E-state index contributed by atoms with van der Waals surface area (Å²) in [6.45, 7) is 2.18. The van der Waals surface area contributed by atoms with E-state index in [-0.39, 0.29) is 11.1 Å². The van der Waals surface area contributed by atoms with E-state index in [9.17, 15) is 4.39 Å². The topological polar surface area (TPSA) is 25.8 Å². The van der Waals surface area contributed by atoms with Crippen molar-refractivity contribution in [2.24, 2.45) is 0 Å². The van der Waals surface area contributed by atoms with Crippen LogP contribution in [0.15, 0.2) is 30.5 Å². The summed E-state index contributed by atoms with van der Waals surface area (Å²) in [6.07, 6.45) is 7.16. The van der Waals surface area contributed by atoms with Crippen molar-refractivity contribution in [3.05, 3.63) is 47.3 Å². The molecular formula is C16H18ClFN2. The first kappa shape index (κ1) is 14.9. The van der Waals surface area contributed by atoms with E-state index < -0.39 is 0 Å². The number of benzene rings is 1. The molecular weight excluding hydrogens is 275 g/mol. The molecule has 0 atom stereocenters. The lowest BCUT2D eigenvalue weighted by molar-refractivity contribution is 0.628. The zero-order chi connectivity index (χ0) is 14.4. The molecule has 0 amide bonds. The normalized spacial score (nSPS) is 10.8. The Morgan fingerprint density at radius 3 is 2.80 bits per heavy atom. The Hall–Kier alpha value is -1.48. The minimum absolute atomic E-state index is 0.246. The van der Waals surface area contributed by atoms with Gasteiger partial charge in [-0.1, -0.05) is 38.3 Å². The van der Waals surface area contributed by atoms with Crippen molar-refractivity contribution in [3.8, 4) is 11.1 Å². The Balaban J connectivity index is 2.23. The summed E-state index contributed by atoms with van der Waals surface area (Å²) in [5.74, 6) is -0.255. The van der Waals surface area contributed by atoms with E-state index in [0.29, 0.717) is 0 Å². The molecule has 0 saturated carbocycles. The van der Waals surface area contributed by atoms with E-state index in [0.717, 1.165) is 29.7 Å². The predicted octanol–water partition coefficient (Wildman–Crippen LogP) is 5.06. The zero-order valence-electron chi connectivity index (χ0n) is 11.6. The number of hydrogen-bond acceptors (Lipinski definition) is 2. The van der Waals surface area contributed by atoms with Crippen LogP contribution in [0.5, 0.6) is 0 Å². The van der Waals surface area contributed by atoms with Gasteiger partial charge < -0.3 is 0 Å². The second-order valence-electron chi connectivity index (χ2n) is 4.82. The molecule has 0 aliphatic rings. The van der Waals surface area contributed by atoms with Crippen LogP contribution in [-0.2, 0) is 6.42 Å². The molecule has 0 bridgehead atoms. The van der Waals surface area contributed by atoms with Crippen LogP contribution in [-0.4, -0.2) is 9.97 Å². The number of aryl methyl sites for hydroxylation is 1. The molecule has 0 unspecified atom stereocenters. The van der Waals surface area contributed by atoms with Gasteiger partial charge in [0.05, 0.1) is 5.69 Å². The summed E-state index contributed by atoms with van der Waals surface area (Å²) in [4.78, 5) is 8.33. The van der Waals surface area contributed by atoms with Crippen LogP contribution in [0, 0.1) is 5.82 Å². The van der Waals surface area contributed by atoms with Crippen molar-refractivity contribution in [2.75, 3.05) is 0 Å². The number of nitrogens with zero attached hydrogens (tertiary/aromatic N) is 2. The van der Waals surface area contributed by atoms with Gasteiger partial charge in [0.25, 0.3) is 0 Å². The van der Waals surface area contributed by atoms with Crippen LogP contribution >= 0.6 is 11.6 Å². The molecule has 2 rings (SSSR count). The highest BCUT2D eigenvalue weighted by Gasteiger charge is 2.09. The largest absolute Gasteiger partial charge is 0.226 e.